The molecule has 0 bridgehead atoms. The third kappa shape index (κ3) is 2.91. The van der Waals surface area contributed by atoms with Crippen molar-refractivity contribution in [3.63, 3.8) is 0 Å². The molecule has 0 aromatic heterocycles. The summed E-state index contributed by atoms with van der Waals surface area (Å²) in [5.41, 5.74) is 1.99. The third-order valence-electron chi connectivity index (χ3n) is 3.52. The van der Waals surface area contributed by atoms with E-state index in [4.69, 9.17) is 0 Å². The maximum absolute atomic E-state index is 11.9. The van der Waals surface area contributed by atoms with E-state index in [-0.39, 0.29) is 5.78 Å². The topological polar surface area (TPSA) is 58.9 Å². The summed E-state index contributed by atoms with van der Waals surface area (Å²) in [6.07, 6.45) is 11.0. The first-order valence-electron chi connectivity index (χ1n) is 7.05. The Kier molecular flexibility index (Phi) is 4.01. The fourth-order valence-corrected chi connectivity index (χ4v) is 2.42. The molecule has 1 aromatic carbocycles. The number of rotatable bonds is 4. The fourth-order valence-electron chi connectivity index (χ4n) is 2.42. The maximum Gasteiger partial charge on any atom is 0.294 e. The van der Waals surface area contributed by atoms with Crippen LogP contribution in [0.3, 0.4) is 0 Å². The molecule has 1 aliphatic heterocycles. The Morgan fingerprint density at radius 3 is 2.64 bits per heavy atom. The van der Waals surface area contributed by atoms with Gasteiger partial charge in [0.2, 0.25) is 0 Å². The lowest BCUT2D eigenvalue weighted by Gasteiger charge is -2.11. The zero-order valence-electron chi connectivity index (χ0n) is 11.8. The summed E-state index contributed by atoms with van der Waals surface area (Å²) in [5, 5.41) is 7.48. The molecule has 1 heterocycles. The van der Waals surface area contributed by atoms with Gasteiger partial charge in [0, 0.05) is 0 Å². The summed E-state index contributed by atoms with van der Waals surface area (Å²) in [5.74, 6) is -1.13. The summed E-state index contributed by atoms with van der Waals surface area (Å²) >= 11 is 0. The second kappa shape index (κ2) is 6.26. The van der Waals surface area contributed by atoms with Crippen molar-refractivity contribution in [3.8, 4) is 0 Å². The van der Waals surface area contributed by atoms with Gasteiger partial charge in [-0.2, -0.15) is 0 Å². The number of amides is 1. The first-order valence-corrected chi connectivity index (χ1v) is 7.05. The predicted molar refractivity (Wildman–Crippen MR) is 83.0 cm³/mol. The van der Waals surface area contributed by atoms with Crippen LogP contribution in [0.25, 0.3) is 0 Å². The Balaban J connectivity index is 1.82. The van der Waals surface area contributed by atoms with E-state index in [1.165, 1.54) is 11.6 Å². The number of benzene rings is 1. The van der Waals surface area contributed by atoms with Crippen LogP contribution < -0.4 is 0 Å². The van der Waals surface area contributed by atoms with E-state index in [1.807, 2.05) is 36.4 Å². The van der Waals surface area contributed by atoms with Crippen molar-refractivity contribution in [3.05, 3.63) is 83.6 Å². The van der Waals surface area contributed by atoms with Gasteiger partial charge < -0.3 is 0 Å². The van der Waals surface area contributed by atoms with E-state index >= 15 is 0 Å². The molecule has 1 unspecified atom stereocenters. The third-order valence-corrected chi connectivity index (χ3v) is 3.52. The van der Waals surface area contributed by atoms with Crippen LogP contribution in [0.15, 0.2) is 88.3 Å². The minimum Gasteiger partial charge on any atom is -0.294 e. The van der Waals surface area contributed by atoms with Gasteiger partial charge in [0.25, 0.3) is 5.91 Å². The maximum atomic E-state index is 11.9. The molecule has 0 fully saturated rings. The van der Waals surface area contributed by atoms with Crippen molar-refractivity contribution in [1.82, 2.24) is 0 Å². The average Bonchev–Trinajstić information content (AvgIpc) is 2.90. The fraction of sp³-hybridized carbons (Fsp3) is 0.111. The predicted octanol–water partition coefficient (Wildman–Crippen LogP) is 3.34. The van der Waals surface area contributed by atoms with Crippen LogP contribution in [0.4, 0.5) is 0 Å². The zero-order valence-corrected chi connectivity index (χ0v) is 11.8. The van der Waals surface area contributed by atoms with E-state index in [1.54, 1.807) is 24.3 Å². The first-order chi connectivity index (χ1) is 10.8. The van der Waals surface area contributed by atoms with E-state index < -0.39 is 11.8 Å². The molecule has 0 spiro atoms. The molecule has 1 aromatic rings. The molecular weight excluding hydrogens is 276 g/mol. The number of allylic oxidation sites excluding steroid dienone is 6. The van der Waals surface area contributed by atoms with Crippen molar-refractivity contribution in [2.75, 3.05) is 0 Å². The number of carbonyl (C=O) groups is 2. The van der Waals surface area contributed by atoms with E-state index in [0.717, 1.165) is 6.42 Å². The first kappa shape index (κ1) is 14.1. The quantitative estimate of drug-likeness (QED) is 0.853. The van der Waals surface area contributed by atoms with E-state index in [9.17, 15) is 9.59 Å². The van der Waals surface area contributed by atoms with Crippen molar-refractivity contribution in [2.24, 2.45) is 16.1 Å². The van der Waals surface area contributed by atoms with Crippen LogP contribution in [0.2, 0.25) is 0 Å². The van der Waals surface area contributed by atoms with Gasteiger partial charge in [-0.15, -0.1) is 10.2 Å². The van der Waals surface area contributed by atoms with Gasteiger partial charge in [-0.3, -0.25) is 9.59 Å². The molecule has 22 heavy (non-hydrogen) atoms. The van der Waals surface area contributed by atoms with Crippen LogP contribution in [0.1, 0.15) is 5.56 Å². The highest BCUT2D eigenvalue weighted by molar-refractivity contribution is 6.07. The Morgan fingerprint density at radius 1 is 1.05 bits per heavy atom. The van der Waals surface area contributed by atoms with Crippen molar-refractivity contribution in [2.45, 2.75) is 6.42 Å². The highest BCUT2D eigenvalue weighted by Crippen LogP contribution is 2.28. The van der Waals surface area contributed by atoms with Crippen LogP contribution in [0, 0.1) is 5.92 Å². The normalized spacial score (nSPS) is 20.6. The van der Waals surface area contributed by atoms with Crippen molar-refractivity contribution >= 4 is 11.7 Å². The van der Waals surface area contributed by atoms with Gasteiger partial charge in [-0.05, 0) is 24.1 Å². The lowest BCUT2D eigenvalue weighted by molar-refractivity contribution is -0.119. The van der Waals surface area contributed by atoms with E-state index in [2.05, 4.69) is 10.2 Å². The molecule has 1 aliphatic carbocycles. The van der Waals surface area contributed by atoms with Crippen molar-refractivity contribution < 1.29 is 9.59 Å². The Morgan fingerprint density at radius 2 is 1.86 bits per heavy atom. The standard InChI is InChI=1S/C18H14N2O2/c21-16-12-5-4-10-14(16)17-15(19-20-18(17)22)11-6-9-13-7-2-1-3-8-13/h1-8,10-12,14H,9H2. The van der Waals surface area contributed by atoms with Crippen molar-refractivity contribution in [1.29, 1.82) is 0 Å². The lowest BCUT2D eigenvalue weighted by atomic mass is 9.89. The minimum atomic E-state index is -0.580. The van der Waals surface area contributed by atoms with Gasteiger partial charge >= 0.3 is 0 Å². The molecule has 0 saturated heterocycles. The molecule has 4 heteroatoms. The average molecular weight is 290 g/mol. The van der Waals surface area contributed by atoms with Gasteiger partial charge in [-0.25, -0.2) is 0 Å². The summed E-state index contributed by atoms with van der Waals surface area (Å²) < 4.78 is 0. The van der Waals surface area contributed by atoms with Gasteiger partial charge in [0.15, 0.2) is 5.78 Å². The number of ketones is 1. The molecule has 2 aliphatic rings. The number of nitrogens with zero attached hydrogens (tertiary/aromatic N) is 2. The highest BCUT2D eigenvalue weighted by atomic mass is 16.2. The number of carbonyl (C=O) groups excluding carboxylic acids is 2. The number of hydrogen-bond donors (Lipinski definition) is 0. The zero-order chi connectivity index (χ0) is 15.4. The molecule has 0 radical (unpaired) electrons. The Bertz CT molecular complexity index is 753. The van der Waals surface area contributed by atoms with Crippen LogP contribution >= 0.6 is 0 Å². The Labute approximate surface area is 128 Å². The second-order valence-corrected chi connectivity index (χ2v) is 5.02. The molecule has 4 nitrogen and oxygen atoms in total. The number of hydrogen-bond acceptors (Lipinski definition) is 3. The summed E-state index contributed by atoms with van der Waals surface area (Å²) in [4.78, 5) is 23.8. The molecular formula is C18H14N2O2. The largest absolute Gasteiger partial charge is 0.294 e. The molecule has 1 amide bonds. The van der Waals surface area contributed by atoms with Crippen LogP contribution in [-0.2, 0) is 16.0 Å². The summed E-state index contributed by atoms with van der Waals surface area (Å²) in [6.45, 7) is 0. The lowest BCUT2D eigenvalue weighted by Crippen LogP contribution is -2.18. The van der Waals surface area contributed by atoms with Crippen LogP contribution in [0.5, 0.6) is 0 Å². The summed E-state index contributed by atoms with van der Waals surface area (Å²) in [7, 11) is 0. The van der Waals surface area contributed by atoms with Gasteiger partial charge in [0.05, 0.1) is 17.2 Å². The molecule has 3 rings (SSSR count). The molecule has 108 valence electrons. The smallest absolute Gasteiger partial charge is 0.294 e. The van der Waals surface area contributed by atoms with Gasteiger partial charge in [-0.1, -0.05) is 54.6 Å². The number of azo groups is 1. The highest BCUT2D eigenvalue weighted by Gasteiger charge is 2.31. The molecule has 0 saturated carbocycles. The van der Waals surface area contributed by atoms with E-state index in [0.29, 0.717) is 11.3 Å². The Hall–Kier alpha value is -2.88. The summed E-state index contributed by atoms with van der Waals surface area (Å²) in [6, 6.07) is 9.97. The monoisotopic (exact) mass is 290 g/mol. The molecule has 0 N–H and O–H groups in total. The van der Waals surface area contributed by atoms with Crippen LogP contribution in [-0.4, -0.2) is 11.7 Å². The second-order valence-electron chi connectivity index (χ2n) is 5.02. The molecule has 1 atom stereocenters. The SMILES string of the molecule is O=C1N=NC(C=CCc2ccccc2)=C1C1C=CC=CC1=O. The minimum absolute atomic E-state index is 0.118. The van der Waals surface area contributed by atoms with Gasteiger partial charge in [0.1, 0.15) is 0 Å².